The first kappa shape index (κ1) is 22.0. The molecule has 0 radical (unpaired) electrons. The fourth-order valence-electron chi connectivity index (χ4n) is 2.32. The molecule has 0 amide bonds. The van der Waals surface area contributed by atoms with Crippen LogP contribution >= 0.6 is 0 Å². The average Bonchev–Trinajstić information content (AvgIpc) is 2.65. The molecule has 28 heavy (non-hydrogen) atoms. The van der Waals surface area contributed by atoms with Gasteiger partial charge in [-0.15, -0.1) is 0 Å². The second kappa shape index (κ2) is 8.80. The van der Waals surface area contributed by atoms with Gasteiger partial charge in [-0.25, -0.2) is 0 Å². The molecule has 2 nitrogen and oxygen atoms in total. The van der Waals surface area contributed by atoms with Gasteiger partial charge in [0.25, 0.3) is 0 Å². The topological polar surface area (TPSA) is 29.5 Å². The molecule has 0 spiro atoms. The molecule has 1 unspecified atom stereocenters. The molecule has 0 saturated heterocycles. The number of hydrogen-bond donors (Lipinski definition) is 1. The minimum absolute atomic E-state index is 0.0297. The zero-order chi connectivity index (χ0) is 20.8. The van der Waals surface area contributed by atoms with Crippen molar-refractivity contribution in [2.75, 3.05) is 0 Å². The fraction of sp³-hybridized carbons (Fsp3) is 0.360. The molecular weight excluding hydrogens is 360 g/mol. The molecule has 146 valence electrons. The maximum Gasteiger partial charge on any atom is 0.213 e. The lowest BCUT2D eigenvalue weighted by Gasteiger charge is -2.40. The highest BCUT2D eigenvalue weighted by Gasteiger charge is 2.42. The summed E-state index contributed by atoms with van der Waals surface area (Å²) in [4.78, 5) is 0. The van der Waals surface area contributed by atoms with E-state index in [1.54, 1.807) is 0 Å². The highest BCUT2D eigenvalue weighted by Crippen LogP contribution is 2.38. The number of hydrogen-bond acceptors (Lipinski definition) is 2. The SMILES string of the molecule is CC(O[Si](C)(C)C(C)(C)C)C(O)(C#Cc1ccccc1)C#Cc1ccccc1. The summed E-state index contributed by atoms with van der Waals surface area (Å²) in [7, 11) is -2.09. The number of aliphatic hydroxyl groups is 1. The van der Waals surface area contributed by atoms with Crippen LogP contribution in [0.5, 0.6) is 0 Å². The van der Waals surface area contributed by atoms with Crippen LogP contribution in [0.15, 0.2) is 60.7 Å². The molecule has 0 bridgehead atoms. The van der Waals surface area contributed by atoms with E-state index in [2.05, 4.69) is 57.5 Å². The first-order valence-electron chi connectivity index (χ1n) is 9.60. The Hall–Kier alpha value is -2.30. The Kier molecular flexibility index (Phi) is 6.91. The van der Waals surface area contributed by atoms with E-state index in [0.717, 1.165) is 11.1 Å². The molecule has 0 aliphatic carbocycles. The Morgan fingerprint density at radius 2 is 1.21 bits per heavy atom. The van der Waals surface area contributed by atoms with E-state index < -0.39 is 20.0 Å². The van der Waals surface area contributed by atoms with E-state index in [-0.39, 0.29) is 5.04 Å². The summed E-state index contributed by atoms with van der Waals surface area (Å²) in [6.07, 6.45) is -0.541. The lowest BCUT2D eigenvalue weighted by molar-refractivity contribution is 0.0275. The smallest absolute Gasteiger partial charge is 0.213 e. The summed E-state index contributed by atoms with van der Waals surface area (Å²) >= 11 is 0. The highest BCUT2D eigenvalue weighted by molar-refractivity contribution is 6.74. The first-order valence-corrected chi connectivity index (χ1v) is 12.5. The van der Waals surface area contributed by atoms with E-state index >= 15 is 0 Å². The van der Waals surface area contributed by atoms with Gasteiger partial charge in [-0.3, -0.25) is 0 Å². The van der Waals surface area contributed by atoms with E-state index in [9.17, 15) is 5.11 Å². The molecule has 3 heteroatoms. The van der Waals surface area contributed by atoms with Crippen molar-refractivity contribution in [2.45, 2.75) is 57.5 Å². The predicted molar refractivity (Wildman–Crippen MR) is 119 cm³/mol. The van der Waals surface area contributed by atoms with Crippen LogP contribution in [0, 0.1) is 23.7 Å². The summed E-state index contributed by atoms with van der Waals surface area (Å²) in [5.41, 5.74) is 0.102. The van der Waals surface area contributed by atoms with Crippen LogP contribution in [0.3, 0.4) is 0 Å². The first-order chi connectivity index (χ1) is 13.0. The summed E-state index contributed by atoms with van der Waals surface area (Å²) in [6.45, 7) is 12.7. The van der Waals surface area contributed by atoms with Gasteiger partial charge in [0, 0.05) is 11.1 Å². The van der Waals surface area contributed by atoms with Crippen LogP contribution in [0.1, 0.15) is 38.8 Å². The van der Waals surface area contributed by atoms with Gasteiger partial charge in [0.05, 0.1) is 6.10 Å². The Morgan fingerprint density at radius 1 is 0.821 bits per heavy atom. The molecule has 0 heterocycles. The van der Waals surface area contributed by atoms with Gasteiger partial charge in [-0.1, -0.05) is 69.0 Å². The van der Waals surface area contributed by atoms with Crippen molar-refractivity contribution in [3.05, 3.63) is 71.8 Å². The third kappa shape index (κ3) is 5.85. The third-order valence-electron chi connectivity index (χ3n) is 5.21. The Bertz CT molecular complexity index is 831. The van der Waals surface area contributed by atoms with Gasteiger partial charge in [-0.2, -0.15) is 0 Å². The van der Waals surface area contributed by atoms with Crippen LogP contribution in [0.25, 0.3) is 0 Å². The van der Waals surface area contributed by atoms with Crippen LogP contribution in [-0.4, -0.2) is 25.1 Å². The molecule has 0 aliphatic rings. The molecule has 0 saturated carbocycles. The molecule has 1 atom stereocenters. The molecule has 1 N–H and O–H groups in total. The van der Waals surface area contributed by atoms with Gasteiger partial charge in [0.2, 0.25) is 5.60 Å². The second-order valence-electron chi connectivity index (χ2n) is 8.52. The maximum absolute atomic E-state index is 11.4. The lowest BCUT2D eigenvalue weighted by Crippen LogP contribution is -2.50. The van der Waals surface area contributed by atoms with Crippen LogP contribution in [0.2, 0.25) is 18.1 Å². The van der Waals surface area contributed by atoms with Crippen LogP contribution < -0.4 is 0 Å². The van der Waals surface area contributed by atoms with Gasteiger partial charge in [0.1, 0.15) is 0 Å². The van der Waals surface area contributed by atoms with Gasteiger partial charge < -0.3 is 9.53 Å². The van der Waals surface area contributed by atoms with Gasteiger partial charge >= 0.3 is 0 Å². The molecular formula is C25H30O2Si. The summed E-state index contributed by atoms with van der Waals surface area (Å²) in [5, 5.41) is 11.4. The number of benzene rings is 2. The van der Waals surface area contributed by atoms with Crippen molar-refractivity contribution >= 4 is 8.32 Å². The van der Waals surface area contributed by atoms with Crippen molar-refractivity contribution in [1.29, 1.82) is 0 Å². The largest absolute Gasteiger partial charge is 0.409 e. The zero-order valence-electron chi connectivity index (χ0n) is 17.7. The standard InChI is InChI=1S/C25H30O2Si/c1-21(27-28(5,6)24(2,3)4)25(26,19-17-22-13-9-7-10-14-22)20-18-23-15-11-8-12-16-23/h7-16,21,26H,1-6H3. The molecule has 0 aliphatic heterocycles. The Balaban J connectivity index is 2.41. The average molecular weight is 391 g/mol. The summed E-state index contributed by atoms with van der Waals surface area (Å²) in [6, 6.07) is 19.2. The zero-order valence-corrected chi connectivity index (χ0v) is 18.7. The van der Waals surface area contributed by atoms with Crippen molar-refractivity contribution in [2.24, 2.45) is 0 Å². The molecule has 2 rings (SSSR count). The molecule has 0 aromatic heterocycles. The predicted octanol–water partition coefficient (Wildman–Crippen LogP) is 5.23. The molecule has 2 aromatic rings. The maximum atomic E-state index is 11.4. The quantitative estimate of drug-likeness (QED) is 0.574. The van der Waals surface area contributed by atoms with Crippen LogP contribution in [0.4, 0.5) is 0 Å². The Morgan fingerprint density at radius 3 is 1.57 bits per heavy atom. The van der Waals surface area contributed by atoms with E-state index in [0.29, 0.717) is 0 Å². The Labute approximate surface area is 171 Å². The molecule has 0 fully saturated rings. The summed E-state index contributed by atoms with van der Waals surface area (Å²) in [5.74, 6) is 12.1. The van der Waals surface area contributed by atoms with E-state index in [4.69, 9.17) is 4.43 Å². The van der Waals surface area contributed by atoms with Gasteiger partial charge in [0.15, 0.2) is 8.32 Å². The minimum Gasteiger partial charge on any atom is -0.409 e. The monoisotopic (exact) mass is 390 g/mol. The minimum atomic E-state index is -2.09. The van der Waals surface area contributed by atoms with Crippen molar-refractivity contribution in [3.8, 4) is 23.7 Å². The number of rotatable bonds is 3. The van der Waals surface area contributed by atoms with Crippen molar-refractivity contribution in [3.63, 3.8) is 0 Å². The van der Waals surface area contributed by atoms with E-state index in [1.165, 1.54) is 0 Å². The van der Waals surface area contributed by atoms with Gasteiger partial charge in [-0.05, 0) is 61.2 Å². The fourth-order valence-corrected chi connectivity index (χ4v) is 3.72. The highest BCUT2D eigenvalue weighted by atomic mass is 28.4. The van der Waals surface area contributed by atoms with Crippen molar-refractivity contribution in [1.82, 2.24) is 0 Å². The van der Waals surface area contributed by atoms with Crippen molar-refractivity contribution < 1.29 is 9.53 Å². The van der Waals surface area contributed by atoms with Crippen LogP contribution in [-0.2, 0) is 4.43 Å². The molecule has 2 aromatic carbocycles. The third-order valence-corrected chi connectivity index (χ3v) is 9.76. The second-order valence-corrected chi connectivity index (χ2v) is 13.3. The van der Waals surface area contributed by atoms with E-state index in [1.807, 2.05) is 67.6 Å². The normalized spacial score (nSPS) is 13.0. The lowest BCUT2D eigenvalue weighted by atomic mass is 9.98. The summed E-state index contributed by atoms with van der Waals surface area (Å²) < 4.78 is 6.43.